The summed E-state index contributed by atoms with van der Waals surface area (Å²) in [5, 5.41) is 3.06. The maximum Gasteiger partial charge on any atom is 0.234 e. The minimum absolute atomic E-state index is 0.345. The molecule has 122 valence electrons. The number of para-hydroxylation sites is 1. The van der Waals surface area contributed by atoms with Crippen LogP contribution in [-0.4, -0.2) is 22.7 Å². The molecule has 0 radical (unpaired) electrons. The van der Waals surface area contributed by atoms with Crippen LogP contribution in [0, 0.1) is 0 Å². The Hall–Kier alpha value is -2.15. The fraction of sp³-hybridized carbons (Fsp3) is 0.176. The maximum atomic E-state index is 6.16. The third-order valence-electron chi connectivity index (χ3n) is 3.88. The molecule has 1 unspecified atom stereocenters. The molecule has 1 N–H and O–H groups in total. The summed E-state index contributed by atoms with van der Waals surface area (Å²) in [7, 11) is 0. The lowest BCUT2D eigenvalue weighted by molar-refractivity contribution is -0.0326. The number of hydrazine groups is 1. The number of fused-ring (bicyclic) bond motifs is 2. The topological polar surface area (TPSA) is 40.1 Å². The second-order valence-electron chi connectivity index (χ2n) is 5.38. The summed E-state index contributed by atoms with van der Waals surface area (Å²) in [5.74, 6) is 0.694. The third kappa shape index (κ3) is 2.43. The van der Waals surface area contributed by atoms with Crippen LogP contribution in [0.1, 0.15) is 18.7 Å². The maximum absolute atomic E-state index is 6.16. The van der Waals surface area contributed by atoms with E-state index in [4.69, 9.17) is 33.5 Å². The van der Waals surface area contributed by atoms with Gasteiger partial charge in [0.25, 0.3) is 0 Å². The van der Waals surface area contributed by atoms with Crippen molar-refractivity contribution in [3.8, 4) is 0 Å². The fourth-order valence-corrected chi connectivity index (χ4v) is 3.34. The van der Waals surface area contributed by atoms with Crippen LogP contribution in [0.2, 0.25) is 5.02 Å². The average molecular weight is 359 g/mol. The molecular weight excluding hydrogens is 344 g/mol. The zero-order valence-corrected chi connectivity index (χ0v) is 14.5. The molecule has 0 amide bonds. The second kappa shape index (κ2) is 6.05. The van der Waals surface area contributed by atoms with Crippen molar-refractivity contribution < 1.29 is 4.74 Å². The monoisotopic (exact) mass is 358 g/mol. The van der Waals surface area contributed by atoms with E-state index in [1.165, 1.54) is 0 Å². The number of nitrogens with zero attached hydrogens (tertiary/aromatic N) is 3. The van der Waals surface area contributed by atoms with Crippen LogP contribution < -0.4 is 10.3 Å². The van der Waals surface area contributed by atoms with Gasteiger partial charge in [0.1, 0.15) is 0 Å². The molecule has 0 saturated carbocycles. The zero-order chi connectivity index (χ0) is 16.7. The first-order valence-corrected chi connectivity index (χ1v) is 8.42. The number of hydrogen-bond donors (Lipinski definition) is 1. The Labute approximate surface area is 150 Å². The normalized spacial score (nSPS) is 18.8. The number of ether oxygens (including phenoxy) is 1. The van der Waals surface area contributed by atoms with Crippen LogP contribution in [0.25, 0.3) is 0 Å². The highest BCUT2D eigenvalue weighted by atomic mass is 35.5. The number of halogens is 1. The lowest BCUT2D eigenvalue weighted by Crippen LogP contribution is -2.43. The molecular formula is C17H15ClN4OS. The summed E-state index contributed by atoms with van der Waals surface area (Å²) in [6.07, 6.45) is -0.345. The molecule has 2 heterocycles. The fourth-order valence-electron chi connectivity index (χ4n) is 2.87. The van der Waals surface area contributed by atoms with Gasteiger partial charge in [0.15, 0.2) is 11.3 Å². The van der Waals surface area contributed by atoms with E-state index in [2.05, 4.69) is 5.43 Å². The Balaban J connectivity index is 1.84. The standard InChI is InChI=1S/C17H15ClN4OS/c1-2-23-15-13-10-11(18)8-9-14(13)19-16-21(17(24)20-22(15)16)12-6-4-3-5-7-12/h3-10,15H,2H2,1H3,(H,20,24). The molecule has 0 aromatic heterocycles. The van der Waals surface area contributed by atoms with Crippen molar-refractivity contribution in [2.45, 2.75) is 13.2 Å². The second-order valence-corrected chi connectivity index (χ2v) is 6.20. The van der Waals surface area contributed by atoms with Crippen molar-refractivity contribution in [2.75, 3.05) is 11.5 Å². The van der Waals surface area contributed by atoms with Crippen LogP contribution >= 0.6 is 23.8 Å². The minimum atomic E-state index is -0.345. The molecule has 2 aromatic rings. The Morgan fingerprint density at radius 1 is 1.25 bits per heavy atom. The summed E-state index contributed by atoms with van der Waals surface area (Å²) in [5.41, 5.74) is 5.88. The molecule has 0 bridgehead atoms. The quantitative estimate of drug-likeness (QED) is 0.840. The number of anilines is 1. The minimum Gasteiger partial charge on any atom is -0.352 e. The molecule has 2 aliphatic rings. The average Bonchev–Trinajstić information content (AvgIpc) is 2.92. The van der Waals surface area contributed by atoms with Gasteiger partial charge in [0, 0.05) is 17.2 Å². The SMILES string of the molecule is CCOC1c2cc(Cl)ccc2N=C2N(c3ccccc3)C(=S)NN21. The number of aliphatic imine (C=N–C) groups is 1. The predicted molar refractivity (Wildman–Crippen MR) is 99.4 cm³/mol. The number of rotatable bonds is 3. The van der Waals surface area contributed by atoms with Gasteiger partial charge in [-0.05, 0) is 49.5 Å². The molecule has 7 heteroatoms. The van der Waals surface area contributed by atoms with E-state index >= 15 is 0 Å². The predicted octanol–water partition coefficient (Wildman–Crippen LogP) is 3.99. The Bertz CT molecular complexity index is 827. The van der Waals surface area contributed by atoms with Gasteiger partial charge in [-0.25, -0.2) is 10.0 Å². The zero-order valence-electron chi connectivity index (χ0n) is 12.9. The largest absolute Gasteiger partial charge is 0.352 e. The molecule has 1 saturated heterocycles. The van der Waals surface area contributed by atoms with Crippen molar-refractivity contribution in [1.82, 2.24) is 10.4 Å². The first-order valence-electron chi connectivity index (χ1n) is 7.64. The summed E-state index contributed by atoms with van der Waals surface area (Å²) in [4.78, 5) is 6.67. The van der Waals surface area contributed by atoms with E-state index in [9.17, 15) is 0 Å². The first-order chi connectivity index (χ1) is 11.7. The van der Waals surface area contributed by atoms with Crippen molar-refractivity contribution in [3.63, 3.8) is 0 Å². The van der Waals surface area contributed by atoms with Gasteiger partial charge in [-0.2, -0.15) is 0 Å². The highest BCUT2D eigenvalue weighted by Crippen LogP contribution is 2.39. The smallest absolute Gasteiger partial charge is 0.234 e. The van der Waals surface area contributed by atoms with Gasteiger partial charge in [0.05, 0.1) is 11.4 Å². The molecule has 1 atom stereocenters. The van der Waals surface area contributed by atoms with Gasteiger partial charge in [-0.15, -0.1) is 0 Å². The molecule has 24 heavy (non-hydrogen) atoms. The van der Waals surface area contributed by atoms with Crippen molar-refractivity contribution >= 4 is 46.3 Å². The number of hydrogen-bond acceptors (Lipinski definition) is 4. The van der Waals surface area contributed by atoms with E-state index in [0.717, 1.165) is 16.9 Å². The van der Waals surface area contributed by atoms with Gasteiger partial charge < -0.3 is 4.74 Å². The molecule has 1 fully saturated rings. The number of nitrogens with one attached hydrogen (secondary N) is 1. The van der Waals surface area contributed by atoms with E-state index in [0.29, 0.717) is 22.7 Å². The van der Waals surface area contributed by atoms with Crippen LogP contribution in [0.3, 0.4) is 0 Å². The Morgan fingerprint density at radius 3 is 2.79 bits per heavy atom. The van der Waals surface area contributed by atoms with Gasteiger partial charge in [0.2, 0.25) is 5.96 Å². The highest BCUT2D eigenvalue weighted by molar-refractivity contribution is 7.80. The third-order valence-corrected chi connectivity index (χ3v) is 4.39. The van der Waals surface area contributed by atoms with Crippen LogP contribution in [0.15, 0.2) is 53.5 Å². The number of benzene rings is 2. The van der Waals surface area contributed by atoms with Gasteiger partial charge >= 0.3 is 0 Å². The van der Waals surface area contributed by atoms with E-state index in [-0.39, 0.29) is 6.23 Å². The number of guanidine groups is 1. The lowest BCUT2D eigenvalue weighted by atomic mass is 10.1. The molecule has 0 aliphatic carbocycles. The van der Waals surface area contributed by atoms with Gasteiger partial charge in [-0.1, -0.05) is 29.8 Å². The van der Waals surface area contributed by atoms with E-state index < -0.39 is 0 Å². The first kappa shape index (κ1) is 15.4. The molecule has 2 aromatic carbocycles. The van der Waals surface area contributed by atoms with Crippen molar-refractivity contribution in [2.24, 2.45) is 4.99 Å². The van der Waals surface area contributed by atoms with Crippen LogP contribution in [0.5, 0.6) is 0 Å². The summed E-state index contributed by atoms with van der Waals surface area (Å²) < 4.78 is 5.95. The molecule has 5 nitrogen and oxygen atoms in total. The van der Waals surface area contributed by atoms with E-state index in [1.807, 2.05) is 65.4 Å². The number of thiocarbonyl (C=S) groups is 1. The Kier molecular flexibility index (Phi) is 3.88. The molecule has 2 aliphatic heterocycles. The van der Waals surface area contributed by atoms with Crippen molar-refractivity contribution in [1.29, 1.82) is 0 Å². The summed E-state index contributed by atoms with van der Waals surface area (Å²) >= 11 is 11.7. The van der Waals surface area contributed by atoms with Crippen LogP contribution in [0.4, 0.5) is 11.4 Å². The highest BCUT2D eigenvalue weighted by Gasteiger charge is 2.41. The van der Waals surface area contributed by atoms with E-state index in [1.54, 1.807) is 0 Å². The Morgan fingerprint density at radius 2 is 2.04 bits per heavy atom. The van der Waals surface area contributed by atoms with Gasteiger partial charge in [-0.3, -0.25) is 10.3 Å². The lowest BCUT2D eigenvalue weighted by Gasteiger charge is -2.33. The summed E-state index contributed by atoms with van der Waals surface area (Å²) in [6, 6.07) is 15.5. The molecule has 4 rings (SSSR count). The summed E-state index contributed by atoms with van der Waals surface area (Å²) in [6.45, 7) is 2.51. The van der Waals surface area contributed by atoms with Crippen molar-refractivity contribution in [3.05, 3.63) is 59.1 Å². The van der Waals surface area contributed by atoms with Crippen LogP contribution in [-0.2, 0) is 4.74 Å². The molecule has 0 spiro atoms.